The SMILES string of the molecule is C=CCSC(=NCC)NC1C(CC)CC(C)CC1CC. The van der Waals surface area contributed by atoms with E-state index in [1.54, 1.807) is 11.8 Å². The molecule has 0 spiro atoms. The third kappa shape index (κ3) is 5.16. The van der Waals surface area contributed by atoms with Crippen molar-refractivity contribution in [3.8, 4) is 0 Å². The van der Waals surface area contributed by atoms with Gasteiger partial charge in [0.2, 0.25) is 0 Å². The van der Waals surface area contributed by atoms with Crippen LogP contribution in [0.4, 0.5) is 0 Å². The van der Waals surface area contributed by atoms with Crippen molar-refractivity contribution in [2.45, 2.75) is 59.4 Å². The van der Waals surface area contributed by atoms with Gasteiger partial charge in [-0.1, -0.05) is 51.5 Å². The lowest BCUT2D eigenvalue weighted by Crippen LogP contribution is -2.48. The van der Waals surface area contributed by atoms with Crippen molar-refractivity contribution in [2.75, 3.05) is 12.3 Å². The third-order valence-electron chi connectivity index (χ3n) is 4.40. The highest BCUT2D eigenvalue weighted by molar-refractivity contribution is 8.13. The van der Waals surface area contributed by atoms with Crippen LogP contribution in [0.1, 0.15) is 53.4 Å². The monoisotopic (exact) mass is 296 g/mol. The predicted octanol–water partition coefficient (Wildman–Crippen LogP) is 4.72. The lowest BCUT2D eigenvalue weighted by molar-refractivity contribution is 0.149. The van der Waals surface area contributed by atoms with Gasteiger partial charge in [-0.15, -0.1) is 6.58 Å². The molecule has 20 heavy (non-hydrogen) atoms. The Balaban J connectivity index is 2.76. The Hall–Kier alpha value is -0.440. The summed E-state index contributed by atoms with van der Waals surface area (Å²) in [7, 11) is 0. The molecular weight excluding hydrogens is 264 g/mol. The van der Waals surface area contributed by atoms with Crippen molar-refractivity contribution in [1.29, 1.82) is 0 Å². The fourth-order valence-corrected chi connectivity index (χ4v) is 4.16. The summed E-state index contributed by atoms with van der Waals surface area (Å²) in [5.41, 5.74) is 0. The van der Waals surface area contributed by atoms with Crippen LogP contribution < -0.4 is 5.32 Å². The maximum atomic E-state index is 4.63. The Kier molecular flexibility index (Phi) is 8.35. The molecule has 1 saturated carbocycles. The topological polar surface area (TPSA) is 24.4 Å². The minimum absolute atomic E-state index is 0.601. The maximum absolute atomic E-state index is 4.63. The molecule has 1 aliphatic rings. The minimum Gasteiger partial charge on any atom is -0.362 e. The molecule has 2 unspecified atom stereocenters. The Morgan fingerprint density at radius 3 is 2.30 bits per heavy atom. The molecule has 3 heteroatoms. The average molecular weight is 297 g/mol. The highest BCUT2D eigenvalue weighted by Crippen LogP contribution is 2.37. The molecule has 0 aromatic carbocycles. The van der Waals surface area contributed by atoms with E-state index in [-0.39, 0.29) is 0 Å². The van der Waals surface area contributed by atoms with Gasteiger partial charge in [0.1, 0.15) is 0 Å². The largest absolute Gasteiger partial charge is 0.362 e. The lowest BCUT2D eigenvalue weighted by Gasteiger charge is -2.41. The van der Waals surface area contributed by atoms with Crippen LogP contribution in [-0.2, 0) is 0 Å². The zero-order valence-electron chi connectivity index (χ0n) is 13.7. The second-order valence-corrected chi connectivity index (χ2v) is 6.97. The van der Waals surface area contributed by atoms with Crippen LogP contribution in [0.5, 0.6) is 0 Å². The van der Waals surface area contributed by atoms with Gasteiger partial charge in [0.15, 0.2) is 5.17 Å². The standard InChI is InChI=1S/C17H32N2S/c1-6-10-20-17(18-9-4)19-16-14(7-2)11-13(5)12-15(16)8-3/h6,13-16H,1,7-12H2,2-5H3,(H,18,19). The third-order valence-corrected chi connectivity index (χ3v) is 5.33. The molecule has 1 N–H and O–H groups in total. The molecule has 1 fully saturated rings. The van der Waals surface area contributed by atoms with Crippen LogP contribution in [0.15, 0.2) is 17.6 Å². The first-order chi connectivity index (χ1) is 9.65. The van der Waals surface area contributed by atoms with Crippen LogP contribution in [0.25, 0.3) is 0 Å². The van der Waals surface area contributed by atoms with Gasteiger partial charge in [-0.25, -0.2) is 0 Å². The molecular formula is C17H32N2S. The highest BCUT2D eigenvalue weighted by Gasteiger charge is 2.34. The van der Waals surface area contributed by atoms with Gasteiger partial charge < -0.3 is 5.32 Å². The van der Waals surface area contributed by atoms with Crippen LogP contribution >= 0.6 is 11.8 Å². The van der Waals surface area contributed by atoms with Gasteiger partial charge in [-0.05, 0) is 37.5 Å². The normalized spacial score (nSPS) is 31.1. The van der Waals surface area contributed by atoms with Crippen LogP contribution in [0.3, 0.4) is 0 Å². The Bertz CT molecular complexity index is 300. The van der Waals surface area contributed by atoms with Crippen molar-refractivity contribution in [2.24, 2.45) is 22.7 Å². The summed E-state index contributed by atoms with van der Waals surface area (Å²) in [5, 5.41) is 4.89. The van der Waals surface area contributed by atoms with E-state index in [1.165, 1.54) is 25.7 Å². The number of hydrogen-bond donors (Lipinski definition) is 1. The number of nitrogens with zero attached hydrogens (tertiary/aromatic N) is 1. The van der Waals surface area contributed by atoms with Crippen molar-refractivity contribution in [1.82, 2.24) is 5.32 Å². The van der Waals surface area contributed by atoms with Crippen molar-refractivity contribution in [3.63, 3.8) is 0 Å². The number of aliphatic imine (C=N–C) groups is 1. The molecule has 0 heterocycles. The van der Waals surface area contributed by atoms with E-state index in [2.05, 4.69) is 44.6 Å². The molecule has 0 aromatic rings. The van der Waals surface area contributed by atoms with Crippen LogP contribution in [0, 0.1) is 17.8 Å². The number of rotatable bonds is 6. The Morgan fingerprint density at radius 1 is 1.25 bits per heavy atom. The maximum Gasteiger partial charge on any atom is 0.157 e. The summed E-state index contributed by atoms with van der Waals surface area (Å²) < 4.78 is 0. The molecule has 2 atom stereocenters. The fourth-order valence-electron chi connectivity index (χ4n) is 3.44. The van der Waals surface area contributed by atoms with Crippen molar-refractivity contribution in [3.05, 3.63) is 12.7 Å². The number of thioether (sulfide) groups is 1. The summed E-state index contributed by atoms with van der Waals surface area (Å²) in [4.78, 5) is 4.63. The number of hydrogen-bond acceptors (Lipinski definition) is 2. The summed E-state index contributed by atoms with van der Waals surface area (Å²) >= 11 is 1.79. The summed E-state index contributed by atoms with van der Waals surface area (Å²) in [6.45, 7) is 13.8. The second-order valence-electron chi connectivity index (χ2n) is 5.96. The van der Waals surface area contributed by atoms with Crippen LogP contribution in [0.2, 0.25) is 0 Å². The molecule has 0 bridgehead atoms. The molecule has 2 nitrogen and oxygen atoms in total. The Morgan fingerprint density at radius 2 is 1.85 bits per heavy atom. The first kappa shape index (κ1) is 17.6. The number of amidine groups is 1. The first-order valence-electron chi connectivity index (χ1n) is 8.20. The smallest absolute Gasteiger partial charge is 0.157 e. The predicted molar refractivity (Wildman–Crippen MR) is 93.5 cm³/mol. The van der Waals surface area contributed by atoms with E-state index in [1.807, 2.05) is 6.08 Å². The summed E-state index contributed by atoms with van der Waals surface area (Å²) in [5.74, 6) is 3.38. The zero-order chi connectivity index (χ0) is 15.0. The van der Waals surface area contributed by atoms with Gasteiger partial charge in [0.05, 0.1) is 0 Å². The quantitative estimate of drug-likeness (QED) is 0.435. The molecule has 0 aromatic heterocycles. The first-order valence-corrected chi connectivity index (χ1v) is 9.19. The average Bonchev–Trinajstić information content (AvgIpc) is 2.45. The zero-order valence-corrected chi connectivity index (χ0v) is 14.5. The second kappa shape index (κ2) is 9.49. The van der Waals surface area contributed by atoms with Gasteiger partial charge in [0, 0.05) is 18.3 Å². The van der Waals surface area contributed by atoms with Crippen molar-refractivity contribution < 1.29 is 0 Å². The van der Waals surface area contributed by atoms with E-state index >= 15 is 0 Å². The van der Waals surface area contributed by atoms with E-state index in [9.17, 15) is 0 Å². The Labute approximate surface area is 129 Å². The van der Waals surface area contributed by atoms with E-state index in [0.29, 0.717) is 6.04 Å². The van der Waals surface area contributed by atoms with Gasteiger partial charge in [-0.3, -0.25) is 4.99 Å². The van der Waals surface area contributed by atoms with Gasteiger partial charge in [-0.2, -0.15) is 0 Å². The summed E-state index contributed by atoms with van der Waals surface area (Å²) in [6.07, 6.45) is 7.20. The number of nitrogens with one attached hydrogen (secondary N) is 1. The molecule has 1 rings (SSSR count). The molecule has 0 radical (unpaired) electrons. The van der Waals surface area contributed by atoms with Crippen molar-refractivity contribution >= 4 is 16.9 Å². The van der Waals surface area contributed by atoms with E-state index in [4.69, 9.17) is 0 Å². The van der Waals surface area contributed by atoms with Crippen LogP contribution in [-0.4, -0.2) is 23.5 Å². The molecule has 0 amide bonds. The lowest BCUT2D eigenvalue weighted by atomic mass is 9.70. The van der Waals surface area contributed by atoms with E-state index < -0.39 is 0 Å². The minimum atomic E-state index is 0.601. The van der Waals surface area contributed by atoms with E-state index in [0.717, 1.165) is 35.2 Å². The van der Waals surface area contributed by atoms with Gasteiger partial charge in [0.25, 0.3) is 0 Å². The highest BCUT2D eigenvalue weighted by atomic mass is 32.2. The fraction of sp³-hybridized carbons (Fsp3) is 0.824. The molecule has 0 saturated heterocycles. The molecule has 1 aliphatic carbocycles. The molecule has 0 aliphatic heterocycles. The molecule has 116 valence electrons. The van der Waals surface area contributed by atoms with Gasteiger partial charge >= 0.3 is 0 Å². The summed E-state index contributed by atoms with van der Waals surface area (Å²) in [6, 6.07) is 0.601.